The van der Waals surface area contributed by atoms with Crippen LogP contribution in [0, 0.1) is 11.3 Å². The van der Waals surface area contributed by atoms with Gasteiger partial charge in [-0.2, -0.15) is 0 Å². The Bertz CT molecular complexity index is 528. The van der Waals surface area contributed by atoms with Gasteiger partial charge in [-0.1, -0.05) is 34.6 Å². The van der Waals surface area contributed by atoms with Crippen LogP contribution in [0.1, 0.15) is 66.7 Å². The first-order valence-electron chi connectivity index (χ1n) is 9.06. The fourth-order valence-electron chi connectivity index (χ4n) is 4.56. The van der Waals surface area contributed by atoms with E-state index in [1.807, 2.05) is 13.8 Å². The number of urea groups is 1. The maximum absolute atomic E-state index is 12.9. The summed E-state index contributed by atoms with van der Waals surface area (Å²) in [6, 6.07) is -0.356. The van der Waals surface area contributed by atoms with Gasteiger partial charge in [-0.15, -0.1) is 0 Å². The normalized spacial score (nSPS) is 29.2. The van der Waals surface area contributed by atoms with Crippen LogP contribution < -0.4 is 10.6 Å². The molecule has 1 heterocycles. The fourth-order valence-corrected chi connectivity index (χ4v) is 4.56. The number of rotatable bonds is 5. The van der Waals surface area contributed by atoms with Crippen LogP contribution in [0.5, 0.6) is 0 Å². The van der Waals surface area contributed by atoms with Crippen LogP contribution in [0.4, 0.5) is 4.79 Å². The molecule has 1 saturated heterocycles. The van der Waals surface area contributed by atoms with Crippen molar-refractivity contribution in [2.75, 3.05) is 6.54 Å². The highest BCUT2D eigenvalue weighted by molar-refractivity contribution is 6.09. The number of nitrogens with zero attached hydrogens (tertiary/aromatic N) is 1. The van der Waals surface area contributed by atoms with Crippen LogP contribution in [0.25, 0.3) is 0 Å². The maximum Gasteiger partial charge on any atom is 0.325 e. The topological polar surface area (TPSA) is 78.5 Å². The average Bonchev–Trinajstić information content (AvgIpc) is 2.66. The number of carbonyl (C=O) groups is 3. The van der Waals surface area contributed by atoms with E-state index in [4.69, 9.17) is 0 Å². The largest absolute Gasteiger partial charge is 0.352 e. The Kier molecular flexibility index (Phi) is 5.25. The number of hydrogen-bond donors (Lipinski definition) is 2. The van der Waals surface area contributed by atoms with Gasteiger partial charge in [-0.25, -0.2) is 4.79 Å². The van der Waals surface area contributed by atoms with Gasteiger partial charge in [0.15, 0.2) is 0 Å². The Morgan fingerprint density at radius 3 is 2.46 bits per heavy atom. The average molecular weight is 337 g/mol. The molecule has 2 rings (SSSR count). The number of carbonyl (C=O) groups excluding carboxylic acids is 3. The van der Waals surface area contributed by atoms with Crippen molar-refractivity contribution in [3.05, 3.63) is 0 Å². The number of imide groups is 1. The SMILES string of the molecule is CCC(CC)NC(=O)CN1C(=O)N[C@]2(C[C@H](C)CC(C)(C)C2)C1=O. The molecule has 0 aromatic heterocycles. The van der Waals surface area contributed by atoms with E-state index in [-0.39, 0.29) is 29.8 Å². The molecule has 4 amide bonds. The van der Waals surface area contributed by atoms with E-state index in [2.05, 4.69) is 31.4 Å². The van der Waals surface area contributed by atoms with Gasteiger partial charge in [0, 0.05) is 6.04 Å². The Morgan fingerprint density at radius 2 is 1.92 bits per heavy atom. The molecule has 2 atom stereocenters. The zero-order valence-corrected chi connectivity index (χ0v) is 15.6. The minimum atomic E-state index is -0.840. The molecule has 0 unspecified atom stereocenters. The number of hydrogen-bond acceptors (Lipinski definition) is 3. The minimum Gasteiger partial charge on any atom is -0.352 e. The van der Waals surface area contributed by atoms with Crippen LogP contribution >= 0.6 is 0 Å². The molecule has 0 aromatic rings. The molecule has 1 saturated carbocycles. The summed E-state index contributed by atoms with van der Waals surface area (Å²) in [5.74, 6) is -0.157. The molecule has 1 spiro atoms. The molecule has 2 N–H and O–H groups in total. The summed E-state index contributed by atoms with van der Waals surface area (Å²) < 4.78 is 0. The van der Waals surface area contributed by atoms with Gasteiger partial charge in [-0.3, -0.25) is 14.5 Å². The van der Waals surface area contributed by atoms with E-state index in [1.54, 1.807) is 0 Å². The second kappa shape index (κ2) is 6.73. The number of amides is 4. The molecule has 6 heteroatoms. The Morgan fingerprint density at radius 1 is 1.29 bits per heavy atom. The first-order valence-corrected chi connectivity index (χ1v) is 9.06. The Balaban J connectivity index is 2.10. The monoisotopic (exact) mass is 337 g/mol. The first kappa shape index (κ1) is 18.7. The van der Waals surface area contributed by atoms with E-state index < -0.39 is 11.6 Å². The quantitative estimate of drug-likeness (QED) is 0.756. The molecule has 0 radical (unpaired) electrons. The predicted octanol–water partition coefficient (Wildman–Crippen LogP) is 2.43. The molecule has 2 fully saturated rings. The van der Waals surface area contributed by atoms with Crippen molar-refractivity contribution in [1.29, 1.82) is 0 Å². The predicted molar refractivity (Wildman–Crippen MR) is 92.3 cm³/mol. The van der Waals surface area contributed by atoms with Crippen molar-refractivity contribution in [2.45, 2.75) is 78.3 Å². The first-order chi connectivity index (χ1) is 11.1. The zero-order valence-electron chi connectivity index (χ0n) is 15.6. The Hall–Kier alpha value is -1.59. The van der Waals surface area contributed by atoms with Gasteiger partial charge in [0.2, 0.25) is 5.91 Å². The van der Waals surface area contributed by atoms with Gasteiger partial charge >= 0.3 is 6.03 Å². The van der Waals surface area contributed by atoms with Crippen molar-refractivity contribution in [3.8, 4) is 0 Å². The van der Waals surface area contributed by atoms with E-state index in [1.165, 1.54) is 0 Å². The van der Waals surface area contributed by atoms with Crippen molar-refractivity contribution >= 4 is 17.8 Å². The summed E-state index contributed by atoms with van der Waals surface area (Å²) >= 11 is 0. The second-order valence-corrected chi connectivity index (χ2v) is 8.34. The van der Waals surface area contributed by atoms with Gasteiger partial charge in [0.25, 0.3) is 5.91 Å². The third-order valence-corrected chi connectivity index (χ3v) is 5.28. The summed E-state index contributed by atoms with van der Waals surface area (Å²) in [7, 11) is 0. The molecule has 0 aromatic carbocycles. The minimum absolute atomic E-state index is 0.00556. The lowest BCUT2D eigenvalue weighted by Gasteiger charge is -2.43. The lowest BCUT2D eigenvalue weighted by Crippen LogP contribution is -2.54. The molecule has 1 aliphatic carbocycles. The van der Waals surface area contributed by atoms with Gasteiger partial charge in [0.05, 0.1) is 0 Å². The van der Waals surface area contributed by atoms with E-state index >= 15 is 0 Å². The van der Waals surface area contributed by atoms with Crippen molar-refractivity contribution in [2.24, 2.45) is 11.3 Å². The van der Waals surface area contributed by atoms with E-state index in [9.17, 15) is 14.4 Å². The third-order valence-electron chi connectivity index (χ3n) is 5.28. The molecular formula is C18H31N3O3. The maximum atomic E-state index is 12.9. The molecule has 136 valence electrons. The van der Waals surface area contributed by atoms with E-state index in [0.717, 1.165) is 24.2 Å². The lowest BCUT2D eigenvalue weighted by atomic mass is 9.64. The summed E-state index contributed by atoms with van der Waals surface area (Å²) in [6.45, 7) is 10.2. The lowest BCUT2D eigenvalue weighted by molar-refractivity contribution is -0.137. The summed E-state index contributed by atoms with van der Waals surface area (Å²) in [6.07, 6.45) is 3.97. The van der Waals surface area contributed by atoms with Crippen LogP contribution in [-0.4, -0.2) is 40.9 Å². The fraction of sp³-hybridized carbons (Fsp3) is 0.833. The molecule has 6 nitrogen and oxygen atoms in total. The molecular weight excluding hydrogens is 306 g/mol. The third kappa shape index (κ3) is 3.73. The smallest absolute Gasteiger partial charge is 0.325 e. The molecule has 24 heavy (non-hydrogen) atoms. The van der Waals surface area contributed by atoms with Crippen LogP contribution in [0.2, 0.25) is 0 Å². The van der Waals surface area contributed by atoms with Gasteiger partial charge in [0.1, 0.15) is 12.1 Å². The standard InChI is InChI=1S/C18H31N3O3/c1-6-13(7-2)19-14(22)10-21-15(23)18(20-16(21)24)9-12(3)8-17(4,5)11-18/h12-13H,6-11H2,1-5H3,(H,19,22)(H,20,24)/t12-,18+/m1/s1. The summed E-state index contributed by atoms with van der Waals surface area (Å²) in [5, 5.41) is 5.79. The van der Waals surface area contributed by atoms with E-state index in [0.29, 0.717) is 18.8 Å². The summed E-state index contributed by atoms with van der Waals surface area (Å²) in [5.41, 5.74) is -0.845. The highest BCUT2D eigenvalue weighted by Gasteiger charge is 2.56. The van der Waals surface area contributed by atoms with Crippen molar-refractivity contribution < 1.29 is 14.4 Å². The highest BCUT2D eigenvalue weighted by atomic mass is 16.2. The Labute approximate surface area is 144 Å². The van der Waals surface area contributed by atoms with Gasteiger partial charge < -0.3 is 10.6 Å². The van der Waals surface area contributed by atoms with Crippen LogP contribution in [-0.2, 0) is 9.59 Å². The van der Waals surface area contributed by atoms with Crippen molar-refractivity contribution in [1.82, 2.24) is 15.5 Å². The highest BCUT2D eigenvalue weighted by Crippen LogP contribution is 2.46. The molecule has 2 aliphatic rings. The summed E-state index contributed by atoms with van der Waals surface area (Å²) in [4.78, 5) is 38.6. The van der Waals surface area contributed by atoms with Crippen molar-refractivity contribution in [3.63, 3.8) is 0 Å². The van der Waals surface area contributed by atoms with Crippen LogP contribution in [0.3, 0.4) is 0 Å². The number of nitrogens with one attached hydrogen (secondary N) is 2. The molecule has 0 bridgehead atoms. The van der Waals surface area contributed by atoms with Crippen LogP contribution in [0.15, 0.2) is 0 Å². The second-order valence-electron chi connectivity index (χ2n) is 8.34. The molecule has 1 aliphatic heterocycles. The van der Waals surface area contributed by atoms with Gasteiger partial charge in [-0.05, 0) is 43.4 Å². The zero-order chi connectivity index (χ0) is 18.1.